The minimum absolute atomic E-state index is 0. The fourth-order valence-electron chi connectivity index (χ4n) is 3.31. The quantitative estimate of drug-likeness (QED) is 0.771. The fraction of sp³-hybridized carbons (Fsp3) is 0.353. The molecule has 3 heterocycles. The zero-order valence-corrected chi connectivity index (χ0v) is 15.0. The Morgan fingerprint density at radius 3 is 3.00 bits per heavy atom. The van der Waals surface area contributed by atoms with Crippen molar-refractivity contribution in [3.63, 3.8) is 0 Å². The smallest absolute Gasteiger partial charge is 0.199 e. The first kappa shape index (κ1) is 17.3. The van der Waals surface area contributed by atoms with Crippen LogP contribution in [-0.2, 0) is 13.6 Å². The molecule has 1 aliphatic heterocycles. The standard InChI is InChI=1S/C17H19ClN4O.ClH/c1-21-8-7-20-17(21)14-10-19-6-9-22(14)11-13-12-4-2-3-5-15(12)23-16(13)18;/h2-5,7-8,14,19H,6,9-11H2,1H3;1H. The number of nitrogens with one attached hydrogen (secondary N) is 1. The Hall–Kier alpha value is -1.53. The highest BCUT2D eigenvalue weighted by molar-refractivity contribution is 6.30. The number of para-hydroxylation sites is 1. The van der Waals surface area contributed by atoms with Crippen molar-refractivity contribution in [1.29, 1.82) is 0 Å². The third-order valence-corrected chi connectivity index (χ3v) is 4.83. The van der Waals surface area contributed by atoms with Crippen molar-refractivity contribution in [3.8, 4) is 0 Å². The van der Waals surface area contributed by atoms with E-state index in [0.717, 1.165) is 48.5 Å². The number of piperazine rings is 1. The van der Waals surface area contributed by atoms with Gasteiger partial charge in [0.15, 0.2) is 5.22 Å². The van der Waals surface area contributed by atoms with Crippen LogP contribution in [-0.4, -0.2) is 34.1 Å². The average Bonchev–Trinajstić information content (AvgIpc) is 3.12. The molecule has 128 valence electrons. The first-order chi connectivity index (χ1) is 11.2. The third-order valence-electron chi connectivity index (χ3n) is 4.52. The third kappa shape index (κ3) is 3.05. The zero-order chi connectivity index (χ0) is 15.8. The maximum absolute atomic E-state index is 6.36. The van der Waals surface area contributed by atoms with Crippen molar-refractivity contribution in [1.82, 2.24) is 19.8 Å². The second kappa shape index (κ2) is 7.15. The molecular formula is C17H20Cl2N4O. The number of hydrogen-bond donors (Lipinski definition) is 1. The minimum atomic E-state index is 0. The maximum Gasteiger partial charge on any atom is 0.199 e. The van der Waals surface area contributed by atoms with Crippen molar-refractivity contribution in [2.45, 2.75) is 12.6 Å². The van der Waals surface area contributed by atoms with Gasteiger partial charge in [-0.05, 0) is 17.7 Å². The summed E-state index contributed by atoms with van der Waals surface area (Å²) < 4.78 is 7.78. The first-order valence-corrected chi connectivity index (χ1v) is 8.19. The summed E-state index contributed by atoms with van der Waals surface area (Å²) in [6.45, 7) is 3.56. The highest BCUT2D eigenvalue weighted by Crippen LogP contribution is 2.33. The number of hydrogen-bond acceptors (Lipinski definition) is 4. The van der Waals surface area contributed by atoms with Gasteiger partial charge in [-0.3, -0.25) is 4.90 Å². The summed E-state index contributed by atoms with van der Waals surface area (Å²) in [6, 6.07) is 8.24. The normalized spacial score (nSPS) is 18.7. The van der Waals surface area contributed by atoms with Crippen LogP contribution in [0.3, 0.4) is 0 Å². The van der Waals surface area contributed by atoms with Gasteiger partial charge in [-0.1, -0.05) is 18.2 Å². The van der Waals surface area contributed by atoms with Crippen LogP contribution in [0.25, 0.3) is 11.0 Å². The Morgan fingerprint density at radius 1 is 1.38 bits per heavy atom. The fourth-order valence-corrected chi connectivity index (χ4v) is 3.55. The number of benzene rings is 1. The molecule has 1 saturated heterocycles. The molecule has 1 aromatic carbocycles. The lowest BCUT2D eigenvalue weighted by molar-refractivity contribution is 0.145. The highest BCUT2D eigenvalue weighted by atomic mass is 35.5. The van der Waals surface area contributed by atoms with E-state index in [2.05, 4.69) is 25.8 Å². The number of rotatable bonds is 3. The van der Waals surface area contributed by atoms with E-state index in [-0.39, 0.29) is 18.4 Å². The van der Waals surface area contributed by atoms with Crippen molar-refractivity contribution in [3.05, 3.63) is 53.3 Å². The van der Waals surface area contributed by atoms with Gasteiger partial charge in [0.1, 0.15) is 11.4 Å². The molecular weight excluding hydrogens is 347 g/mol. The molecule has 1 atom stereocenters. The van der Waals surface area contributed by atoms with Crippen LogP contribution in [0.15, 0.2) is 41.1 Å². The van der Waals surface area contributed by atoms with Crippen molar-refractivity contribution >= 4 is 35.0 Å². The van der Waals surface area contributed by atoms with Crippen LogP contribution in [0, 0.1) is 0 Å². The summed E-state index contributed by atoms with van der Waals surface area (Å²) in [5.74, 6) is 1.07. The lowest BCUT2D eigenvalue weighted by atomic mass is 10.1. The van der Waals surface area contributed by atoms with Gasteiger partial charge in [0.05, 0.1) is 6.04 Å². The van der Waals surface area contributed by atoms with E-state index in [4.69, 9.17) is 16.0 Å². The summed E-state index contributed by atoms with van der Waals surface area (Å²) in [6.07, 6.45) is 3.84. The number of furan rings is 1. The van der Waals surface area contributed by atoms with Gasteiger partial charge in [-0.25, -0.2) is 4.98 Å². The SMILES string of the molecule is Cl.Cn1ccnc1C1CNCCN1Cc1c(Cl)oc2ccccc12. The predicted octanol–water partition coefficient (Wildman–Crippen LogP) is 3.39. The Kier molecular flexibility index (Phi) is 5.15. The second-order valence-corrected chi connectivity index (χ2v) is 6.28. The van der Waals surface area contributed by atoms with Gasteiger partial charge < -0.3 is 14.3 Å². The molecule has 0 aliphatic carbocycles. The number of aromatic nitrogens is 2. The van der Waals surface area contributed by atoms with E-state index in [0.29, 0.717) is 5.22 Å². The summed E-state index contributed by atoms with van der Waals surface area (Å²) >= 11 is 6.36. The van der Waals surface area contributed by atoms with Crippen LogP contribution in [0.1, 0.15) is 17.4 Å². The topological polar surface area (TPSA) is 46.2 Å². The lowest BCUT2D eigenvalue weighted by Gasteiger charge is -2.35. The molecule has 1 fully saturated rings. The van der Waals surface area contributed by atoms with Crippen molar-refractivity contribution < 1.29 is 4.42 Å². The molecule has 7 heteroatoms. The number of fused-ring (bicyclic) bond motifs is 1. The van der Waals surface area contributed by atoms with Gasteiger partial charge in [0.2, 0.25) is 0 Å². The van der Waals surface area contributed by atoms with Crippen molar-refractivity contribution in [2.75, 3.05) is 19.6 Å². The van der Waals surface area contributed by atoms with Gasteiger partial charge >= 0.3 is 0 Å². The van der Waals surface area contributed by atoms with Gasteiger partial charge in [0.25, 0.3) is 0 Å². The van der Waals surface area contributed by atoms with E-state index >= 15 is 0 Å². The van der Waals surface area contributed by atoms with Crippen LogP contribution in [0.5, 0.6) is 0 Å². The van der Waals surface area contributed by atoms with Gasteiger partial charge in [-0.15, -0.1) is 12.4 Å². The average molecular weight is 367 g/mol. The minimum Gasteiger partial charge on any atom is -0.444 e. The number of halogens is 2. The Balaban J connectivity index is 0.00000169. The van der Waals surface area contributed by atoms with E-state index in [1.54, 1.807) is 0 Å². The molecule has 1 N–H and O–H groups in total. The van der Waals surface area contributed by atoms with E-state index in [9.17, 15) is 0 Å². The van der Waals surface area contributed by atoms with Gasteiger partial charge in [0, 0.05) is 56.6 Å². The lowest BCUT2D eigenvalue weighted by Crippen LogP contribution is -2.46. The Labute approximate surface area is 152 Å². The molecule has 0 bridgehead atoms. The summed E-state index contributed by atoms with van der Waals surface area (Å²) in [5.41, 5.74) is 1.90. The number of imidazole rings is 1. The molecule has 0 saturated carbocycles. The van der Waals surface area contributed by atoms with Crippen LogP contribution < -0.4 is 5.32 Å². The molecule has 5 nitrogen and oxygen atoms in total. The zero-order valence-electron chi connectivity index (χ0n) is 13.4. The van der Waals surface area contributed by atoms with Crippen molar-refractivity contribution in [2.24, 2.45) is 7.05 Å². The number of nitrogens with zero attached hydrogens (tertiary/aromatic N) is 3. The monoisotopic (exact) mass is 366 g/mol. The molecule has 2 aromatic heterocycles. The van der Waals surface area contributed by atoms with E-state index in [1.165, 1.54) is 0 Å². The summed E-state index contributed by atoms with van der Waals surface area (Å²) in [7, 11) is 2.04. The molecule has 0 radical (unpaired) electrons. The van der Waals surface area contributed by atoms with Crippen LogP contribution in [0.4, 0.5) is 0 Å². The number of aryl methyl sites for hydroxylation is 1. The summed E-state index contributed by atoms with van der Waals surface area (Å²) in [4.78, 5) is 6.95. The molecule has 0 spiro atoms. The molecule has 1 unspecified atom stereocenters. The molecule has 3 aromatic rings. The molecule has 0 amide bonds. The summed E-state index contributed by atoms with van der Waals surface area (Å²) in [5, 5.41) is 5.04. The van der Waals surface area contributed by atoms with E-state index < -0.39 is 0 Å². The predicted molar refractivity (Wildman–Crippen MR) is 97.7 cm³/mol. The maximum atomic E-state index is 6.36. The first-order valence-electron chi connectivity index (χ1n) is 7.82. The van der Waals surface area contributed by atoms with E-state index in [1.807, 2.05) is 37.6 Å². The Morgan fingerprint density at radius 2 is 2.21 bits per heavy atom. The van der Waals surface area contributed by atoms with Gasteiger partial charge in [-0.2, -0.15) is 0 Å². The Bertz CT molecular complexity index is 829. The highest BCUT2D eigenvalue weighted by Gasteiger charge is 2.28. The molecule has 24 heavy (non-hydrogen) atoms. The second-order valence-electron chi connectivity index (χ2n) is 5.94. The largest absolute Gasteiger partial charge is 0.444 e. The molecule has 4 rings (SSSR count). The van der Waals surface area contributed by atoms with Crippen LogP contribution >= 0.6 is 24.0 Å². The molecule has 1 aliphatic rings. The van der Waals surface area contributed by atoms with Crippen LogP contribution in [0.2, 0.25) is 5.22 Å².